The molecule has 2 nitrogen and oxygen atoms in total. The van der Waals surface area contributed by atoms with E-state index in [4.69, 9.17) is 17.3 Å². The van der Waals surface area contributed by atoms with Crippen LogP contribution in [0.25, 0.3) is 0 Å². The van der Waals surface area contributed by atoms with Crippen LogP contribution < -0.4 is 10.5 Å². The Kier molecular flexibility index (Phi) is 3.06. The summed E-state index contributed by atoms with van der Waals surface area (Å²) in [6.45, 7) is 0. The predicted octanol–water partition coefficient (Wildman–Crippen LogP) is 3.11. The number of benzene rings is 1. The zero-order valence-corrected chi connectivity index (χ0v) is 8.25. The molecule has 1 aromatic rings. The van der Waals surface area contributed by atoms with Gasteiger partial charge in [0.25, 0.3) is 0 Å². The summed E-state index contributed by atoms with van der Waals surface area (Å²) >= 11 is 9.41. The summed E-state index contributed by atoms with van der Waals surface area (Å²) in [5.41, 5.74) is 5.10. The lowest BCUT2D eigenvalue weighted by Gasteiger charge is -2.11. The largest absolute Gasteiger partial charge is 0.573 e. The molecule has 0 aliphatic carbocycles. The van der Waals surface area contributed by atoms with E-state index in [1.807, 2.05) is 0 Å². The normalized spacial score (nSPS) is 11.5. The number of nitrogens with two attached hydrogens (primary N) is 1. The third-order valence-corrected chi connectivity index (χ3v) is 2.12. The molecule has 78 valence electrons. The molecule has 0 spiro atoms. The number of alkyl halides is 3. The maximum absolute atomic E-state index is 11.8. The zero-order chi connectivity index (χ0) is 10.9. The number of hydrogen-bond donors (Lipinski definition) is 2. The van der Waals surface area contributed by atoms with Gasteiger partial charge in [0.2, 0.25) is 0 Å². The van der Waals surface area contributed by atoms with Gasteiger partial charge < -0.3 is 10.5 Å². The average Bonchev–Trinajstić information content (AvgIpc) is 1.97. The van der Waals surface area contributed by atoms with Gasteiger partial charge in [0.05, 0.1) is 10.7 Å². The Bertz CT molecular complexity index is 356. The summed E-state index contributed by atoms with van der Waals surface area (Å²) in [5, 5.41) is 0.0433. The topological polar surface area (TPSA) is 35.2 Å². The van der Waals surface area contributed by atoms with E-state index in [9.17, 15) is 13.2 Å². The fourth-order valence-corrected chi connectivity index (χ4v) is 1.13. The first kappa shape index (κ1) is 11.3. The van der Waals surface area contributed by atoms with Crippen LogP contribution in [0.4, 0.5) is 18.9 Å². The standard InChI is InChI=1S/C7H5ClF3NOS/c8-3-1-5(13-7(9,10)11)4(12)2-6(3)14/h1-2,14H,12H2. The Morgan fingerprint density at radius 1 is 1.36 bits per heavy atom. The summed E-state index contributed by atoms with van der Waals surface area (Å²) in [5.74, 6) is -0.527. The van der Waals surface area contributed by atoms with E-state index < -0.39 is 12.1 Å². The Morgan fingerprint density at radius 2 is 1.93 bits per heavy atom. The van der Waals surface area contributed by atoms with E-state index in [2.05, 4.69) is 17.4 Å². The summed E-state index contributed by atoms with van der Waals surface area (Å²) in [6, 6.07) is 2.15. The highest BCUT2D eigenvalue weighted by Crippen LogP contribution is 2.34. The number of rotatable bonds is 1. The van der Waals surface area contributed by atoms with Crippen LogP contribution in [0.3, 0.4) is 0 Å². The molecular formula is C7H5ClF3NOS. The molecular weight excluding hydrogens is 239 g/mol. The molecule has 0 aliphatic heterocycles. The predicted molar refractivity (Wildman–Crippen MR) is 49.8 cm³/mol. The number of nitrogen functional groups attached to an aromatic ring is 1. The van der Waals surface area contributed by atoms with Crippen molar-refractivity contribution in [1.82, 2.24) is 0 Å². The molecule has 1 rings (SSSR count). The molecule has 0 saturated carbocycles. The maximum atomic E-state index is 11.8. The highest BCUT2D eigenvalue weighted by Gasteiger charge is 2.32. The molecule has 0 aliphatic rings. The monoisotopic (exact) mass is 243 g/mol. The van der Waals surface area contributed by atoms with Gasteiger partial charge in [-0.1, -0.05) is 11.6 Å². The van der Waals surface area contributed by atoms with Crippen molar-refractivity contribution in [3.05, 3.63) is 17.2 Å². The van der Waals surface area contributed by atoms with Crippen molar-refractivity contribution in [1.29, 1.82) is 0 Å². The van der Waals surface area contributed by atoms with E-state index >= 15 is 0 Å². The van der Waals surface area contributed by atoms with Crippen molar-refractivity contribution in [2.75, 3.05) is 5.73 Å². The van der Waals surface area contributed by atoms with Gasteiger partial charge in [-0.15, -0.1) is 25.8 Å². The molecule has 0 amide bonds. The van der Waals surface area contributed by atoms with Gasteiger partial charge >= 0.3 is 6.36 Å². The van der Waals surface area contributed by atoms with Crippen LogP contribution in [0.2, 0.25) is 5.02 Å². The van der Waals surface area contributed by atoms with Crippen molar-refractivity contribution in [2.45, 2.75) is 11.3 Å². The van der Waals surface area contributed by atoms with Gasteiger partial charge in [0.15, 0.2) is 5.75 Å². The number of hydrogen-bond acceptors (Lipinski definition) is 3. The lowest BCUT2D eigenvalue weighted by molar-refractivity contribution is -0.274. The zero-order valence-electron chi connectivity index (χ0n) is 6.60. The van der Waals surface area contributed by atoms with Crippen LogP contribution in [-0.2, 0) is 0 Å². The van der Waals surface area contributed by atoms with Crippen LogP contribution in [0.15, 0.2) is 17.0 Å². The van der Waals surface area contributed by atoms with Crippen LogP contribution in [0.5, 0.6) is 5.75 Å². The van der Waals surface area contributed by atoms with Crippen LogP contribution in [0, 0.1) is 0 Å². The molecule has 0 fully saturated rings. The van der Waals surface area contributed by atoms with Gasteiger partial charge in [0.1, 0.15) is 0 Å². The quantitative estimate of drug-likeness (QED) is 0.587. The first-order valence-electron chi connectivity index (χ1n) is 3.33. The average molecular weight is 244 g/mol. The lowest BCUT2D eigenvalue weighted by atomic mass is 10.3. The minimum Gasteiger partial charge on any atom is -0.404 e. The van der Waals surface area contributed by atoms with Gasteiger partial charge in [-0.05, 0) is 6.07 Å². The highest BCUT2D eigenvalue weighted by molar-refractivity contribution is 7.80. The van der Waals surface area contributed by atoms with E-state index in [0.29, 0.717) is 4.90 Å². The molecule has 0 atom stereocenters. The van der Waals surface area contributed by atoms with Crippen LogP contribution in [0.1, 0.15) is 0 Å². The van der Waals surface area contributed by atoms with Crippen molar-refractivity contribution in [3.8, 4) is 5.75 Å². The second kappa shape index (κ2) is 3.78. The maximum Gasteiger partial charge on any atom is 0.573 e. The Labute approximate surface area is 88.2 Å². The minimum atomic E-state index is -4.78. The molecule has 7 heteroatoms. The number of thiol groups is 1. The van der Waals surface area contributed by atoms with E-state index in [-0.39, 0.29) is 10.7 Å². The molecule has 0 aromatic heterocycles. The van der Waals surface area contributed by atoms with Crippen molar-refractivity contribution in [3.63, 3.8) is 0 Å². The molecule has 0 saturated heterocycles. The Hall–Kier alpha value is -0.750. The Balaban J connectivity index is 3.04. The molecule has 1 aromatic carbocycles. The van der Waals surface area contributed by atoms with Crippen LogP contribution >= 0.6 is 24.2 Å². The van der Waals surface area contributed by atoms with Crippen molar-refractivity contribution < 1.29 is 17.9 Å². The molecule has 14 heavy (non-hydrogen) atoms. The first-order chi connectivity index (χ1) is 6.29. The molecule has 0 unspecified atom stereocenters. The summed E-state index contributed by atoms with van der Waals surface area (Å²) in [7, 11) is 0. The third-order valence-electron chi connectivity index (χ3n) is 1.30. The fraction of sp³-hybridized carbons (Fsp3) is 0.143. The molecule has 0 heterocycles. The molecule has 2 N–H and O–H groups in total. The number of halogens is 4. The van der Waals surface area contributed by atoms with Gasteiger partial charge in [-0.3, -0.25) is 0 Å². The number of anilines is 1. The fourth-order valence-electron chi connectivity index (χ4n) is 0.773. The summed E-state index contributed by atoms with van der Waals surface area (Å²) in [4.78, 5) is 0.290. The van der Waals surface area contributed by atoms with Crippen LogP contribution in [-0.4, -0.2) is 6.36 Å². The van der Waals surface area contributed by atoms with E-state index in [1.54, 1.807) is 0 Å². The SMILES string of the molecule is Nc1cc(S)c(Cl)cc1OC(F)(F)F. The van der Waals surface area contributed by atoms with Gasteiger partial charge in [-0.25, -0.2) is 0 Å². The smallest absolute Gasteiger partial charge is 0.404 e. The Morgan fingerprint density at radius 3 is 2.43 bits per heavy atom. The second-order valence-electron chi connectivity index (χ2n) is 2.39. The lowest BCUT2D eigenvalue weighted by Crippen LogP contribution is -2.18. The number of ether oxygens (including phenoxy) is 1. The molecule has 0 bridgehead atoms. The second-order valence-corrected chi connectivity index (χ2v) is 3.28. The van der Waals surface area contributed by atoms with Gasteiger partial charge in [-0.2, -0.15) is 0 Å². The summed E-state index contributed by atoms with van der Waals surface area (Å²) in [6.07, 6.45) is -4.78. The first-order valence-corrected chi connectivity index (χ1v) is 4.16. The molecule has 0 radical (unpaired) electrons. The van der Waals surface area contributed by atoms with E-state index in [1.165, 1.54) is 6.07 Å². The summed E-state index contributed by atoms with van der Waals surface area (Å²) < 4.78 is 39.1. The highest BCUT2D eigenvalue weighted by atomic mass is 35.5. The van der Waals surface area contributed by atoms with Crippen molar-refractivity contribution in [2.24, 2.45) is 0 Å². The van der Waals surface area contributed by atoms with Gasteiger partial charge in [0, 0.05) is 11.0 Å². The third kappa shape index (κ3) is 2.88. The van der Waals surface area contributed by atoms with Crippen molar-refractivity contribution >= 4 is 29.9 Å². The van der Waals surface area contributed by atoms with E-state index in [0.717, 1.165) is 6.07 Å². The minimum absolute atomic E-state index is 0.0433.